The number of dihydropyridines is 1. The van der Waals surface area contributed by atoms with E-state index in [1.807, 2.05) is 12.1 Å². The highest BCUT2D eigenvalue weighted by Gasteiger charge is 2.28. The average Bonchev–Trinajstić information content (AvgIpc) is 2.68. The van der Waals surface area contributed by atoms with Gasteiger partial charge in [-0.2, -0.15) is 4.99 Å². The molecule has 1 amide bonds. The van der Waals surface area contributed by atoms with Gasteiger partial charge in [0, 0.05) is 6.61 Å². The molecule has 1 aromatic heterocycles. The quantitative estimate of drug-likeness (QED) is 0.463. The minimum Gasteiger partial charge on any atom is -0.396 e. The molecule has 166 valence electrons. The van der Waals surface area contributed by atoms with Crippen molar-refractivity contribution in [3.8, 4) is 0 Å². The number of aliphatic hydroxyl groups is 2. The molecule has 7 heteroatoms. The Morgan fingerprint density at radius 1 is 1.17 bits per heavy atom. The van der Waals surface area contributed by atoms with Crippen LogP contribution in [0.25, 0.3) is 0 Å². The smallest absolute Gasteiger partial charge is 0.254 e. The molecule has 2 heterocycles. The lowest BCUT2D eigenvalue weighted by atomic mass is 9.72. The van der Waals surface area contributed by atoms with Gasteiger partial charge in [-0.15, -0.1) is 0 Å². The number of nitrogen functional groups attached to an aromatic ring is 1. The standard InChI is InChI=1S/C23H36N4O3/c1-23(2,3)18(9-6-16-7-10-19(14-29)26-21(16)25)12-15(13-28)4-5-17-8-11-20(24)27-22(17)30/h7-8,10-11,15,17-18,28-29H,4-6,9,12-14H2,1-3H3,(H2,25,26)(H2,24,27,30). The maximum atomic E-state index is 12.0. The van der Waals surface area contributed by atoms with E-state index in [1.54, 1.807) is 12.1 Å². The summed E-state index contributed by atoms with van der Waals surface area (Å²) < 4.78 is 0. The highest BCUT2D eigenvalue weighted by Crippen LogP contribution is 2.36. The summed E-state index contributed by atoms with van der Waals surface area (Å²) >= 11 is 0. The third-order valence-corrected chi connectivity index (χ3v) is 6.04. The maximum Gasteiger partial charge on any atom is 0.254 e. The van der Waals surface area contributed by atoms with Crippen molar-refractivity contribution in [2.75, 3.05) is 12.3 Å². The number of rotatable bonds is 10. The summed E-state index contributed by atoms with van der Waals surface area (Å²) in [6.45, 7) is 6.62. The molecule has 2 rings (SSSR count). The number of carbonyl (C=O) groups excluding carboxylic acids is 1. The number of aliphatic imine (C=N–C) groups is 1. The van der Waals surface area contributed by atoms with Crippen LogP contribution in [-0.4, -0.2) is 33.5 Å². The average molecular weight is 417 g/mol. The lowest BCUT2D eigenvalue weighted by Gasteiger charge is -2.34. The summed E-state index contributed by atoms with van der Waals surface area (Å²) in [6.07, 6.45) is 7.50. The first kappa shape index (κ1) is 24.0. The Kier molecular flexibility index (Phi) is 8.55. The van der Waals surface area contributed by atoms with Crippen LogP contribution in [-0.2, 0) is 17.8 Å². The fraction of sp³-hybridized carbons (Fsp3) is 0.609. The molecular weight excluding hydrogens is 380 g/mol. The SMILES string of the molecule is CC(C)(C)C(CCc1ccc(CO)nc1N)CC(CO)CCC1C=CC(N)=NC1=O. The van der Waals surface area contributed by atoms with Crippen LogP contribution in [0.5, 0.6) is 0 Å². The topological polar surface area (TPSA) is 135 Å². The normalized spacial score (nSPS) is 18.9. The number of hydrogen-bond acceptors (Lipinski definition) is 6. The zero-order valence-electron chi connectivity index (χ0n) is 18.3. The largest absolute Gasteiger partial charge is 0.396 e. The zero-order chi connectivity index (χ0) is 22.3. The number of anilines is 1. The highest BCUT2D eigenvalue weighted by molar-refractivity contribution is 6.03. The van der Waals surface area contributed by atoms with Crippen molar-refractivity contribution in [2.45, 2.75) is 59.5 Å². The molecule has 3 unspecified atom stereocenters. The molecular formula is C23H36N4O3. The summed E-state index contributed by atoms with van der Waals surface area (Å²) in [6, 6.07) is 3.74. The van der Waals surface area contributed by atoms with Gasteiger partial charge in [-0.3, -0.25) is 4.79 Å². The molecule has 0 saturated heterocycles. The number of nitrogens with zero attached hydrogens (tertiary/aromatic N) is 2. The predicted molar refractivity (Wildman–Crippen MR) is 120 cm³/mol. The number of aryl methyl sites for hydroxylation is 1. The van der Waals surface area contributed by atoms with Crippen molar-refractivity contribution < 1.29 is 15.0 Å². The second kappa shape index (κ2) is 10.7. The second-order valence-electron chi connectivity index (χ2n) is 9.31. The van der Waals surface area contributed by atoms with E-state index in [-0.39, 0.29) is 42.2 Å². The van der Waals surface area contributed by atoms with Gasteiger partial charge in [0.1, 0.15) is 11.7 Å². The third-order valence-electron chi connectivity index (χ3n) is 6.04. The number of nitrogens with two attached hydrogens (primary N) is 2. The molecule has 0 bridgehead atoms. The number of amides is 1. The van der Waals surface area contributed by atoms with Gasteiger partial charge >= 0.3 is 0 Å². The van der Waals surface area contributed by atoms with Crippen molar-refractivity contribution in [1.82, 2.24) is 4.98 Å². The van der Waals surface area contributed by atoms with E-state index >= 15 is 0 Å². The van der Waals surface area contributed by atoms with Crippen molar-refractivity contribution in [2.24, 2.45) is 33.9 Å². The van der Waals surface area contributed by atoms with Gasteiger partial charge in [0.05, 0.1) is 18.2 Å². The Morgan fingerprint density at radius 2 is 1.90 bits per heavy atom. The minimum absolute atomic E-state index is 0.0694. The van der Waals surface area contributed by atoms with E-state index in [9.17, 15) is 15.0 Å². The molecule has 7 nitrogen and oxygen atoms in total. The maximum absolute atomic E-state index is 12.0. The minimum atomic E-state index is -0.254. The Hall–Kier alpha value is -2.25. The fourth-order valence-electron chi connectivity index (χ4n) is 3.95. The van der Waals surface area contributed by atoms with Gasteiger partial charge < -0.3 is 21.7 Å². The highest BCUT2D eigenvalue weighted by atomic mass is 16.3. The Labute approximate surface area is 179 Å². The first-order valence-electron chi connectivity index (χ1n) is 10.7. The second-order valence-corrected chi connectivity index (χ2v) is 9.31. The molecule has 0 aromatic carbocycles. The molecule has 0 radical (unpaired) electrons. The molecule has 0 saturated carbocycles. The van der Waals surface area contributed by atoms with Gasteiger partial charge in [-0.25, -0.2) is 4.98 Å². The van der Waals surface area contributed by atoms with Gasteiger partial charge in [0.2, 0.25) is 0 Å². The van der Waals surface area contributed by atoms with E-state index in [0.717, 1.165) is 31.2 Å². The van der Waals surface area contributed by atoms with Gasteiger partial charge in [0.25, 0.3) is 5.91 Å². The van der Waals surface area contributed by atoms with Crippen LogP contribution < -0.4 is 11.5 Å². The first-order valence-corrected chi connectivity index (χ1v) is 10.7. The van der Waals surface area contributed by atoms with Crippen molar-refractivity contribution >= 4 is 17.6 Å². The first-order chi connectivity index (χ1) is 14.1. The lowest BCUT2D eigenvalue weighted by molar-refractivity contribution is -0.120. The molecule has 6 N–H and O–H groups in total. The summed E-state index contributed by atoms with van der Waals surface area (Å²) in [5.74, 6) is 0.756. The predicted octanol–water partition coefficient (Wildman–Crippen LogP) is 2.60. The van der Waals surface area contributed by atoms with Crippen LogP contribution in [0.4, 0.5) is 5.82 Å². The van der Waals surface area contributed by atoms with Crippen LogP contribution in [0.2, 0.25) is 0 Å². The van der Waals surface area contributed by atoms with Crippen LogP contribution in [0.3, 0.4) is 0 Å². The van der Waals surface area contributed by atoms with E-state index in [2.05, 4.69) is 30.7 Å². The van der Waals surface area contributed by atoms with Crippen molar-refractivity contribution in [3.05, 3.63) is 35.5 Å². The number of aromatic nitrogens is 1. The fourth-order valence-corrected chi connectivity index (χ4v) is 3.95. The number of pyridine rings is 1. The molecule has 0 fully saturated rings. The Balaban J connectivity index is 1.97. The summed E-state index contributed by atoms with van der Waals surface area (Å²) in [7, 11) is 0. The van der Waals surface area contributed by atoms with Crippen LogP contribution in [0, 0.1) is 23.2 Å². The summed E-state index contributed by atoms with van der Waals surface area (Å²) in [5, 5.41) is 19.2. The molecule has 0 aliphatic carbocycles. The molecule has 30 heavy (non-hydrogen) atoms. The van der Waals surface area contributed by atoms with E-state index in [4.69, 9.17) is 11.5 Å². The van der Waals surface area contributed by atoms with Crippen LogP contribution in [0.15, 0.2) is 29.3 Å². The van der Waals surface area contributed by atoms with Crippen LogP contribution >= 0.6 is 0 Å². The van der Waals surface area contributed by atoms with Gasteiger partial charge in [0.15, 0.2) is 0 Å². The Morgan fingerprint density at radius 3 is 2.47 bits per heavy atom. The Bertz CT molecular complexity index is 783. The molecule has 1 aromatic rings. The van der Waals surface area contributed by atoms with E-state index in [0.29, 0.717) is 23.9 Å². The number of amidine groups is 1. The van der Waals surface area contributed by atoms with E-state index < -0.39 is 0 Å². The number of aliphatic hydroxyl groups excluding tert-OH is 2. The van der Waals surface area contributed by atoms with Gasteiger partial charge in [-0.05, 0) is 67.1 Å². The molecule has 1 aliphatic heterocycles. The van der Waals surface area contributed by atoms with Gasteiger partial charge in [-0.1, -0.05) is 32.9 Å². The molecule has 1 aliphatic rings. The van der Waals surface area contributed by atoms with E-state index in [1.165, 1.54) is 0 Å². The monoisotopic (exact) mass is 416 g/mol. The molecule has 3 atom stereocenters. The lowest BCUT2D eigenvalue weighted by Crippen LogP contribution is -2.26. The third kappa shape index (κ3) is 6.92. The summed E-state index contributed by atoms with van der Waals surface area (Å²) in [5.41, 5.74) is 13.2. The molecule has 0 spiro atoms. The van der Waals surface area contributed by atoms with Crippen LogP contribution in [0.1, 0.15) is 57.7 Å². The zero-order valence-corrected chi connectivity index (χ0v) is 18.3. The number of carbonyl (C=O) groups is 1. The van der Waals surface area contributed by atoms with Crippen molar-refractivity contribution in [3.63, 3.8) is 0 Å². The van der Waals surface area contributed by atoms with Crippen molar-refractivity contribution in [1.29, 1.82) is 0 Å². The number of hydrogen-bond donors (Lipinski definition) is 4. The summed E-state index contributed by atoms with van der Waals surface area (Å²) in [4.78, 5) is 20.1.